The van der Waals surface area contributed by atoms with Crippen molar-refractivity contribution >= 4 is 23.9 Å². The molecule has 0 atom stereocenters. The lowest BCUT2D eigenvalue weighted by Gasteiger charge is -2.06. The number of hydrogen-bond donors (Lipinski definition) is 1. The standard InChI is InChI=1S/C14H14N2O2S/c1-18-13-9-12(19-2)7-4-10(13)3-5-11-6-8-14(17)16-15-11/h3-9H,1-2H3,(H,16,17). The molecule has 0 aliphatic heterocycles. The molecule has 4 nitrogen and oxygen atoms in total. The first-order chi connectivity index (χ1) is 9.22. The zero-order chi connectivity index (χ0) is 13.7. The van der Waals surface area contributed by atoms with Crippen LogP contribution < -0.4 is 10.3 Å². The largest absolute Gasteiger partial charge is 0.496 e. The van der Waals surface area contributed by atoms with Gasteiger partial charge in [0.1, 0.15) is 5.75 Å². The first-order valence-electron chi connectivity index (χ1n) is 5.69. The highest BCUT2D eigenvalue weighted by Crippen LogP contribution is 2.26. The number of aromatic amines is 1. The third kappa shape index (κ3) is 3.48. The van der Waals surface area contributed by atoms with E-state index in [4.69, 9.17) is 4.74 Å². The van der Waals surface area contributed by atoms with Gasteiger partial charge in [-0.2, -0.15) is 5.10 Å². The van der Waals surface area contributed by atoms with E-state index in [0.29, 0.717) is 5.69 Å². The van der Waals surface area contributed by atoms with Crippen molar-refractivity contribution in [1.29, 1.82) is 0 Å². The maximum atomic E-state index is 10.9. The molecule has 0 saturated carbocycles. The summed E-state index contributed by atoms with van der Waals surface area (Å²) < 4.78 is 5.35. The van der Waals surface area contributed by atoms with Gasteiger partial charge in [0, 0.05) is 16.5 Å². The summed E-state index contributed by atoms with van der Waals surface area (Å²) in [5.41, 5.74) is 1.45. The molecule has 98 valence electrons. The fourth-order valence-corrected chi connectivity index (χ4v) is 2.01. The molecule has 0 unspecified atom stereocenters. The molecule has 0 aliphatic carbocycles. The summed E-state index contributed by atoms with van der Waals surface area (Å²) in [6.45, 7) is 0. The molecule has 1 N–H and O–H groups in total. The minimum Gasteiger partial charge on any atom is -0.496 e. The second kappa shape index (κ2) is 6.24. The van der Waals surface area contributed by atoms with Crippen molar-refractivity contribution in [2.24, 2.45) is 0 Å². The highest BCUT2D eigenvalue weighted by atomic mass is 32.2. The van der Waals surface area contributed by atoms with E-state index in [2.05, 4.69) is 10.2 Å². The Hall–Kier alpha value is -2.01. The van der Waals surface area contributed by atoms with E-state index in [1.807, 2.05) is 36.6 Å². The number of hydrogen-bond acceptors (Lipinski definition) is 4. The molecular weight excluding hydrogens is 260 g/mol. The summed E-state index contributed by atoms with van der Waals surface area (Å²) in [7, 11) is 1.65. The van der Waals surface area contributed by atoms with Crippen molar-refractivity contribution in [3.63, 3.8) is 0 Å². The summed E-state index contributed by atoms with van der Waals surface area (Å²) in [5.74, 6) is 0.813. The Balaban J connectivity index is 2.27. The summed E-state index contributed by atoms with van der Waals surface area (Å²) in [6.07, 6.45) is 5.75. The number of nitrogens with zero attached hydrogens (tertiary/aromatic N) is 1. The fourth-order valence-electron chi connectivity index (χ4n) is 1.58. The first-order valence-corrected chi connectivity index (χ1v) is 6.91. The number of H-pyrrole nitrogens is 1. The summed E-state index contributed by atoms with van der Waals surface area (Å²) in [5, 5.41) is 6.30. The monoisotopic (exact) mass is 274 g/mol. The zero-order valence-electron chi connectivity index (χ0n) is 10.7. The first kappa shape index (κ1) is 13.4. The molecule has 19 heavy (non-hydrogen) atoms. The molecule has 2 aromatic rings. The predicted octanol–water partition coefficient (Wildman–Crippen LogP) is 2.67. The van der Waals surface area contributed by atoms with Gasteiger partial charge in [-0.25, -0.2) is 5.10 Å². The Morgan fingerprint density at radius 2 is 2.11 bits per heavy atom. The summed E-state index contributed by atoms with van der Waals surface area (Å²) in [4.78, 5) is 12.1. The molecule has 1 aromatic carbocycles. The lowest BCUT2D eigenvalue weighted by atomic mass is 10.1. The molecule has 0 bridgehead atoms. The molecule has 2 rings (SSSR count). The van der Waals surface area contributed by atoms with Gasteiger partial charge in [-0.15, -0.1) is 11.8 Å². The molecule has 0 radical (unpaired) electrons. The third-order valence-electron chi connectivity index (χ3n) is 2.57. The van der Waals surface area contributed by atoms with E-state index in [1.165, 1.54) is 6.07 Å². The Bertz CT molecular complexity index is 630. The van der Waals surface area contributed by atoms with Gasteiger partial charge < -0.3 is 4.74 Å². The summed E-state index contributed by atoms with van der Waals surface area (Å²) >= 11 is 1.67. The van der Waals surface area contributed by atoms with Crippen LogP contribution in [-0.4, -0.2) is 23.6 Å². The number of ether oxygens (including phenoxy) is 1. The van der Waals surface area contributed by atoms with Gasteiger partial charge in [-0.3, -0.25) is 4.79 Å². The maximum absolute atomic E-state index is 10.9. The fraction of sp³-hybridized carbons (Fsp3) is 0.143. The van der Waals surface area contributed by atoms with Gasteiger partial charge in [-0.05, 0) is 36.6 Å². The van der Waals surface area contributed by atoms with Gasteiger partial charge in [0.15, 0.2) is 0 Å². The molecule has 1 heterocycles. The second-order valence-corrected chi connectivity index (χ2v) is 4.67. The lowest BCUT2D eigenvalue weighted by molar-refractivity contribution is 0.413. The van der Waals surface area contributed by atoms with Crippen LogP contribution in [0.1, 0.15) is 11.3 Å². The normalized spacial score (nSPS) is 10.8. The second-order valence-electron chi connectivity index (χ2n) is 3.79. The maximum Gasteiger partial charge on any atom is 0.264 e. The minimum absolute atomic E-state index is 0.209. The van der Waals surface area contributed by atoms with Gasteiger partial charge in [0.25, 0.3) is 5.56 Å². The molecule has 0 fully saturated rings. The van der Waals surface area contributed by atoms with Gasteiger partial charge in [-0.1, -0.05) is 6.07 Å². The smallest absolute Gasteiger partial charge is 0.264 e. The Morgan fingerprint density at radius 1 is 1.26 bits per heavy atom. The van der Waals surface area contributed by atoms with E-state index in [-0.39, 0.29) is 5.56 Å². The number of rotatable bonds is 4. The molecule has 5 heteroatoms. The van der Waals surface area contributed by atoms with Crippen molar-refractivity contribution in [1.82, 2.24) is 10.2 Å². The van der Waals surface area contributed by atoms with Gasteiger partial charge in [0.2, 0.25) is 0 Å². The molecule has 0 saturated heterocycles. The predicted molar refractivity (Wildman–Crippen MR) is 78.6 cm³/mol. The molecule has 0 spiro atoms. The number of methoxy groups -OCH3 is 1. The number of aromatic nitrogens is 2. The Kier molecular flexibility index (Phi) is 4.41. The molecular formula is C14H14N2O2S. The topological polar surface area (TPSA) is 55.0 Å². The third-order valence-corrected chi connectivity index (χ3v) is 3.30. The van der Waals surface area contributed by atoms with Crippen molar-refractivity contribution < 1.29 is 4.74 Å². The average molecular weight is 274 g/mol. The van der Waals surface area contributed by atoms with Crippen LogP contribution in [0.4, 0.5) is 0 Å². The van der Waals surface area contributed by atoms with Gasteiger partial charge >= 0.3 is 0 Å². The Labute approximate surface area is 115 Å². The SMILES string of the molecule is COc1cc(SC)ccc1C=Cc1ccc(=O)[nH]n1. The molecule has 0 amide bonds. The van der Waals surface area contributed by atoms with E-state index in [0.717, 1.165) is 16.2 Å². The van der Waals surface area contributed by atoms with Crippen LogP contribution in [0.25, 0.3) is 12.2 Å². The van der Waals surface area contributed by atoms with E-state index >= 15 is 0 Å². The zero-order valence-corrected chi connectivity index (χ0v) is 11.5. The van der Waals surface area contributed by atoms with E-state index < -0.39 is 0 Å². The Morgan fingerprint density at radius 3 is 2.74 bits per heavy atom. The van der Waals surface area contributed by atoms with Crippen LogP contribution in [0.5, 0.6) is 5.75 Å². The molecule has 1 aromatic heterocycles. The van der Waals surface area contributed by atoms with E-state index in [1.54, 1.807) is 24.9 Å². The number of nitrogens with one attached hydrogen (secondary N) is 1. The number of benzene rings is 1. The quantitative estimate of drug-likeness (QED) is 0.871. The van der Waals surface area contributed by atoms with Crippen molar-refractivity contribution in [2.45, 2.75) is 4.90 Å². The number of thioether (sulfide) groups is 1. The van der Waals surface area contributed by atoms with Crippen molar-refractivity contribution in [3.8, 4) is 5.75 Å². The molecule has 0 aliphatic rings. The van der Waals surface area contributed by atoms with Crippen LogP contribution >= 0.6 is 11.8 Å². The van der Waals surface area contributed by atoms with Crippen molar-refractivity contribution in [3.05, 3.63) is 51.9 Å². The van der Waals surface area contributed by atoms with Gasteiger partial charge in [0.05, 0.1) is 12.8 Å². The van der Waals surface area contributed by atoms with Crippen LogP contribution in [0, 0.1) is 0 Å². The van der Waals surface area contributed by atoms with Crippen LogP contribution in [-0.2, 0) is 0 Å². The minimum atomic E-state index is -0.209. The summed E-state index contributed by atoms with van der Waals surface area (Å²) in [6, 6.07) is 9.13. The highest BCUT2D eigenvalue weighted by Gasteiger charge is 2.01. The van der Waals surface area contributed by atoms with Crippen LogP contribution in [0.3, 0.4) is 0 Å². The highest BCUT2D eigenvalue weighted by molar-refractivity contribution is 7.98. The van der Waals surface area contributed by atoms with Crippen LogP contribution in [0.15, 0.2) is 40.0 Å². The van der Waals surface area contributed by atoms with Crippen LogP contribution in [0.2, 0.25) is 0 Å². The average Bonchev–Trinajstić information content (AvgIpc) is 2.46. The van der Waals surface area contributed by atoms with Crippen molar-refractivity contribution in [2.75, 3.05) is 13.4 Å². The van der Waals surface area contributed by atoms with E-state index in [9.17, 15) is 4.79 Å². The lowest BCUT2D eigenvalue weighted by Crippen LogP contribution is -2.05.